The predicted molar refractivity (Wildman–Crippen MR) is 76.7 cm³/mol. The molecule has 6 heteroatoms. The summed E-state index contributed by atoms with van der Waals surface area (Å²) in [6.45, 7) is 5.77. The summed E-state index contributed by atoms with van der Waals surface area (Å²) in [4.78, 5) is 14.2. The van der Waals surface area contributed by atoms with Crippen LogP contribution in [0.3, 0.4) is 0 Å². The van der Waals surface area contributed by atoms with Gasteiger partial charge in [0.1, 0.15) is 0 Å². The first-order chi connectivity index (χ1) is 9.19. The van der Waals surface area contributed by atoms with Crippen LogP contribution in [-0.2, 0) is 10.0 Å². The highest BCUT2D eigenvalue weighted by Crippen LogP contribution is 2.29. The molecule has 0 aromatic heterocycles. The molecule has 110 valence electrons. The quantitative estimate of drug-likeness (QED) is 0.900. The van der Waals surface area contributed by atoms with E-state index in [2.05, 4.69) is 13.8 Å². The molecule has 0 spiro atoms. The summed E-state index contributed by atoms with van der Waals surface area (Å²) in [5, 5.41) is 5.04. The number of carbonyl (C=O) groups excluding carboxylic acids is 1. The highest BCUT2D eigenvalue weighted by atomic mass is 32.2. The second-order valence-electron chi connectivity index (χ2n) is 6.06. The normalized spacial score (nSPS) is 18.9. The number of piperidine rings is 1. The number of amides is 1. The number of nitrogens with zero attached hydrogens (tertiary/aromatic N) is 1. The lowest BCUT2D eigenvalue weighted by Crippen LogP contribution is -2.43. The van der Waals surface area contributed by atoms with Gasteiger partial charge >= 0.3 is 0 Å². The molecule has 0 unspecified atom stereocenters. The van der Waals surface area contributed by atoms with Gasteiger partial charge in [-0.25, -0.2) is 13.6 Å². The van der Waals surface area contributed by atoms with Crippen LogP contribution in [-0.4, -0.2) is 32.3 Å². The molecule has 1 fully saturated rings. The lowest BCUT2D eigenvalue weighted by molar-refractivity contribution is 0.0583. The number of rotatable bonds is 2. The minimum absolute atomic E-state index is 0.0213. The van der Waals surface area contributed by atoms with Gasteiger partial charge in [-0.3, -0.25) is 4.79 Å². The smallest absolute Gasteiger partial charge is 0.253 e. The fraction of sp³-hybridized carbons (Fsp3) is 0.500. The molecule has 1 saturated heterocycles. The highest BCUT2D eigenvalue weighted by molar-refractivity contribution is 7.89. The number of carbonyl (C=O) groups is 1. The van der Waals surface area contributed by atoms with Crippen LogP contribution in [0.5, 0.6) is 0 Å². The summed E-state index contributed by atoms with van der Waals surface area (Å²) in [7, 11) is -3.71. The van der Waals surface area contributed by atoms with Crippen molar-refractivity contribution in [1.29, 1.82) is 0 Å². The van der Waals surface area contributed by atoms with E-state index in [-0.39, 0.29) is 16.2 Å². The van der Waals surface area contributed by atoms with E-state index in [1.54, 1.807) is 0 Å². The topological polar surface area (TPSA) is 80.5 Å². The van der Waals surface area contributed by atoms with Crippen molar-refractivity contribution in [2.24, 2.45) is 10.6 Å². The van der Waals surface area contributed by atoms with Crippen LogP contribution < -0.4 is 5.14 Å². The molecule has 0 atom stereocenters. The molecule has 1 aliphatic heterocycles. The van der Waals surface area contributed by atoms with Crippen molar-refractivity contribution in [1.82, 2.24) is 4.90 Å². The van der Waals surface area contributed by atoms with Gasteiger partial charge in [0.2, 0.25) is 10.0 Å². The maximum Gasteiger partial charge on any atom is 0.253 e. The average molecular weight is 296 g/mol. The Balaban J connectivity index is 2.17. The van der Waals surface area contributed by atoms with Gasteiger partial charge in [0.15, 0.2) is 0 Å². The third-order valence-corrected chi connectivity index (χ3v) is 4.55. The molecule has 1 heterocycles. The standard InChI is InChI=1S/C14H20N2O3S/c1-14(2)8-3-9-16(10-14)13(17)11-4-6-12(7-5-11)20(15,18)19/h4-7H,3,8-10H2,1-2H3,(H2,15,18,19). The Morgan fingerprint density at radius 2 is 1.85 bits per heavy atom. The zero-order chi connectivity index (χ0) is 15.0. The Morgan fingerprint density at radius 1 is 1.25 bits per heavy atom. The number of sulfonamides is 1. The minimum atomic E-state index is -3.71. The highest BCUT2D eigenvalue weighted by Gasteiger charge is 2.29. The first kappa shape index (κ1) is 15.0. The van der Waals surface area contributed by atoms with Crippen LogP contribution >= 0.6 is 0 Å². The molecule has 1 aromatic carbocycles. The fourth-order valence-corrected chi connectivity index (χ4v) is 3.08. The molecule has 2 N–H and O–H groups in total. The zero-order valence-corrected chi connectivity index (χ0v) is 12.6. The van der Waals surface area contributed by atoms with Crippen LogP contribution in [0, 0.1) is 5.41 Å². The van der Waals surface area contributed by atoms with Gasteiger partial charge in [-0.15, -0.1) is 0 Å². The van der Waals surface area contributed by atoms with Crippen molar-refractivity contribution in [2.45, 2.75) is 31.6 Å². The summed E-state index contributed by atoms with van der Waals surface area (Å²) in [6, 6.07) is 5.78. The van der Waals surface area contributed by atoms with Crippen molar-refractivity contribution < 1.29 is 13.2 Å². The third-order valence-electron chi connectivity index (χ3n) is 3.62. The first-order valence-electron chi connectivity index (χ1n) is 6.61. The van der Waals surface area contributed by atoms with Gasteiger partial charge in [-0.05, 0) is 42.5 Å². The second kappa shape index (κ2) is 5.18. The molecule has 0 saturated carbocycles. The minimum Gasteiger partial charge on any atom is -0.338 e. The Labute approximate surface area is 119 Å². The van der Waals surface area contributed by atoms with Crippen LogP contribution in [0.15, 0.2) is 29.2 Å². The van der Waals surface area contributed by atoms with Crippen molar-refractivity contribution in [3.63, 3.8) is 0 Å². The number of hydrogen-bond acceptors (Lipinski definition) is 3. The maximum absolute atomic E-state index is 12.4. The summed E-state index contributed by atoms with van der Waals surface area (Å²) in [6.07, 6.45) is 2.11. The Kier molecular flexibility index (Phi) is 3.88. The largest absolute Gasteiger partial charge is 0.338 e. The molecule has 2 rings (SSSR count). The molecule has 1 aromatic rings. The van der Waals surface area contributed by atoms with Gasteiger partial charge in [0, 0.05) is 18.7 Å². The lowest BCUT2D eigenvalue weighted by Gasteiger charge is -2.38. The van der Waals surface area contributed by atoms with Crippen LogP contribution in [0.1, 0.15) is 37.0 Å². The Morgan fingerprint density at radius 3 is 2.35 bits per heavy atom. The number of likely N-dealkylation sites (tertiary alicyclic amines) is 1. The van der Waals surface area contributed by atoms with Gasteiger partial charge in [0.05, 0.1) is 4.90 Å². The van der Waals surface area contributed by atoms with Gasteiger partial charge < -0.3 is 4.90 Å². The lowest BCUT2D eigenvalue weighted by atomic mass is 9.84. The van der Waals surface area contributed by atoms with E-state index in [0.717, 1.165) is 25.9 Å². The van der Waals surface area contributed by atoms with Crippen LogP contribution in [0.4, 0.5) is 0 Å². The molecule has 20 heavy (non-hydrogen) atoms. The number of benzene rings is 1. The molecule has 5 nitrogen and oxygen atoms in total. The SMILES string of the molecule is CC1(C)CCCN(C(=O)c2ccc(S(N)(=O)=O)cc2)C1. The molecule has 1 aliphatic rings. The summed E-state index contributed by atoms with van der Waals surface area (Å²) < 4.78 is 22.4. The second-order valence-corrected chi connectivity index (χ2v) is 7.63. The molecule has 0 bridgehead atoms. The van der Waals surface area contributed by atoms with Crippen LogP contribution in [0.2, 0.25) is 0 Å². The predicted octanol–water partition coefficient (Wildman–Crippen LogP) is 1.60. The van der Waals surface area contributed by atoms with E-state index in [1.807, 2.05) is 4.90 Å². The molecule has 0 radical (unpaired) electrons. The van der Waals surface area contributed by atoms with E-state index in [0.29, 0.717) is 5.56 Å². The maximum atomic E-state index is 12.4. The number of hydrogen-bond donors (Lipinski definition) is 1. The summed E-state index contributed by atoms with van der Waals surface area (Å²) in [5.41, 5.74) is 0.629. The molecular formula is C14H20N2O3S. The van der Waals surface area contributed by atoms with Crippen molar-refractivity contribution in [3.8, 4) is 0 Å². The summed E-state index contributed by atoms with van der Waals surface area (Å²) >= 11 is 0. The van der Waals surface area contributed by atoms with E-state index in [4.69, 9.17) is 5.14 Å². The van der Waals surface area contributed by atoms with Crippen molar-refractivity contribution in [3.05, 3.63) is 29.8 Å². The number of nitrogens with two attached hydrogens (primary N) is 1. The van der Waals surface area contributed by atoms with E-state index in [9.17, 15) is 13.2 Å². The molecule has 1 amide bonds. The fourth-order valence-electron chi connectivity index (χ4n) is 2.57. The average Bonchev–Trinajstić information content (AvgIpc) is 2.36. The Bertz CT molecular complexity index is 606. The van der Waals surface area contributed by atoms with E-state index < -0.39 is 10.0 Å². The zero-order valence-electron chi connectivity index (χ0n) is 11.8. The Hall–Kier alpha value is -1.40. The first-order valence-corrected chi connectivity index (χ1v) is 8.16. The van der Waals surface area contributed by atoms with Crippen molar-refractivity contribution >= 4 is 15.9 Å². The molecule has 0 aliphatic carbocycles. The van der Waals surface area contributed by atoms with Gasteiger partial charge in [-0.1, -0.05) is 13.8 Å². The van der Waals surface area contributed by atoms with Crippen molar-refractivity contribution in [2.75, 3.05) is 13.1 Å². The molecular weight excluding hydrogens is 276 g/mol. The summed E-state index contributed by atoms with van der Waals surface area (Å²) in [5.74, 6) is -0.0567. The van der Waals surface area contributed by atoms with Crippen LogP contribution in [0.25, 0.3) is 0 Å². The number of primary sulfonamides is 1. The van der Waals surface area contributed by atoms with Gasteiger partial charge in [0.25, 0.3) is 5.91 Å². The van der Waals surface area contributed by atoms with E-state index in [1.165, 1.54) is 24.3 Å². The monoisotopic (exact) mass is 296 g/mol. The van der Waals surface area contributed by atoms with E-state index >= 15 is 0 Å². The van der Waals surface area contributed by atoms with Gasteiger partial charge in [-0.2, -0.15) is 0 Å². The third kappa shape index (κ3) is 3.37.